The highest BCUT2D eigenvalue weighted by Gasteiger charge is 2.18. The van der Waals surface area contributed by atoms with Crippen molar-refractivity contribution in [3.63, 3.8) is 0 Å². The van der Waals surface area contributed by atoms with Crippen molar-refractivity contribution in [2.24, 2.45) is 17.9 Å². The number of oxime groups is 1. The summed E-state index contributed by atoms with van der Waals surface area (Å²) in [7, 11) is 1.60. The minimum atomic E-state index is -0.526. The van der Waals surface area contributed by atoms with E-state index in [1.807, 2.05) is 22.6 Å². The molecule has 2 rings (SSSR count). The van der Waals surface area contributed by atoms with Gasteiger partial charge in [-0.15, -0.1) is 0 Å². The van der Waals surface area contributed by atoms with Crippen molar-refractivity contribution in [2.75, 3.05) is 5.32 Å². The molecule has 1 heterocycles. The molecule has 9 heteroatoms. The van der Waals surface area contributed by atoms with Crippen LogP contribution >= 0.6 is 22.6 Å². The molecule has 0 aliphatic carbocycles. The molecule has 0 atom stereocenters. The second-order valence-corrected chi connectivity index (χ2v) is 5.38. The summed E-state index contributed by atoms with van der Waals surface area (Å²) in [4.78, 5) is 12.2. The van der Waals surface area contributed by atoms with E-state index in [4.69, 9.17) is 10.9 Å². The fraction of sp³-hybridized carbons (Fsp3) is 0.0833. The monoisotopic (exact) mass is 401 g/mol. The maximum Gasteiger partial charge on any atom is 0.260 e. The molecule has 5 N–H and O–H groups in total. The number of aromatic hydroxyl groups is 1. The summed E-state index contributed by atoms with van der Waals surface area (Å²) in [5.41, 5.74) is 5.92. The van der Waals surface area contributed by atoms with Gasteiger partial charge < -0.3 is 21.4 Å². The van der Waals surface area contributed by atoms with Crippen LogP contribution in [0.15, 0.2) is 29.6 Å². The number of benzene rings is 1. The van der Waals surface area contributed by atoms with Crippen LogP contribution in [0.25, 0.3) is 0 Å². The Hall–Kier alpha value is -2.30. The number of anilines is 1. The van der Waals surface area contributed by atoms with Crippen LogP contribution in [0.1, 0.15) is 15.9 Å². The third-order valence-electron chi connectivity index (χ3n) is 2.76. The van der Waals surface area contributed by atoms with Gasteiger partial charge in [0.2, 0.25) is 0 Å². The van der Waals surface area contributed by atoms with Crippen LogP contribution in [0.4, 0.5) is 5.82 Å². The van der Waals surface area contributed by atoms with Crippen molar-refractivity contribution in [1.82, 2.24) is 9.78 Å². The molecule has 2 aromatic rings. The smallest absolute Gasteiger partial charge is 0.260 e. The van der Waals surface area contributed by atoms with Gasteiger partial charge in [0, 0.05) is 10.6 Å². The van der Waals surface area contributed by atoms with E-state index in [1.54, 1.807) is 19.2 Å². The number of nitrogens with zero attached hydrogens (tertiary/aromatic N) is 3. The maximum absolute atomic E-state index is 12.2. The van der Waals surface area contributed by atoms with Crippen LogP contribution in [-0.2, 0) is 7.05 Å². The van der Waals surface area contributed by atoms with Gasteiger partial charge >= 0.3 is 0 Å². The van der Waals surface area contributed by atoms with E-state index in [1.165, 1.54) is 16.9 Å². The summed E-state index contributed by atoms with van der Waals surface area (Å²) in [6.07, 6.45) is 1.36. The average Bonchev–Trinajstić information content (AvgIpc) is 2.82. The predicted molar refractivity (Wildman–Crippen MR) is 84.5 cm³/mol. The summed E-state index contributed by atoms with van der Waals surface area (Å²) in [5.74, 6) is -0.583. The Bertz CT molecular complexity index is 726. The fourth-order valence-corrected chi connectivity index (χ4v) is 2.18. The molecule has 1 aromatic heterocycles. The number of hydrogen-bond donors (Lipinski definition) is 4. The number of amidine groups is 1. The van der Waals surface area contributed by atoms with E-state index < -0.39 is 5.91 Å². The first kappa shape index (κ1) is 15.1. The van der Waals surface area contributed by atoms with E-state index in [0.29, 0.717) is 0 Å². The summed E-state index contributed by atoms with van der Waals surface area (Å²) in [6, 6.07) is 4.66. The number of rotatable bonds is 3. The molecule has 110 valence electrons. The van der Waals surface area contributed by atoms with Gasteiger partial charge in [0.25, 0.3) is 5.91 Å². The fourth-order valence-electron chi connectivity index (χ4n) is 1.69. The van der Waals surface area contributed by atoms with Gasteiger partial charge in [-0.1, -0.05) is 5.16 Å². The van der Waals surface area contributed by atoms with Crippen molar-refractivity contribution in [1.29, 1.82) is 0 Å². The van der Waals surface area contributed by atoms with Crippen LogP contribution in [0.2, 0.25) is 0 Å². The highest BCUT2D eigenvalue weighted by atomic mass is 127. The quantitative estimate of drug-likeness (QED) is 0.201. The number of halogens is 1. The lowest BCUT2D eigenvalue weighted by molar-refractivity contribution is 0.102. The highest BCUT2D eigenvalue weighted by molar-refractivity contribution is 14.1. The first-order valence-corrected chi connectivity index (χ1v) is 6.81. The lowest BCUT2D eigenvalue weighted by atomic mass is 10.2. The molecule has 0 aliphatic heterocycles. The molecular weight excluding hydrogens is 389 g/mol. The molecule has 0 spiro atoms. The molecule has 1 amide bonds. The number of nitrogens with two attached hydrogens (primary N) is 1. The summed E-state index contributed by atoms with van der Waals surface area (Å²) in [6.45, 7) is 0. The zero-order valence-corrected chi connectivity index (χ0v) is 13.1. The number of amides is 1. The molecule has 0 bridgehead atoms. The summed E-state index contributed by atoms with van der Waals surface area (Å²) in [5, 5.41) is 27.9. The van der Waals surface area contributed by atoms with Crippen LogP contribution in [0.5, 0.6) is 5.75 Å². The van der Waals surface area contributed by atoms with E-state index in [2.05, 4.69) is 15.6 Å². The Kier molecular flexibility index (Phi) is 4.31. The van der Waals surface area contributed by atoms with Gasteiger partial charge in [0.1, 0.15) is 11.6 Å². The van der Waals surface area contributed by atoms with Gasteiger partial charge in [0.15, 0.2) is 5.84 Å². The molecule has 1 aromatic carbocycles. The van der Waals surface area contributed by atoms with E-state index in [-0.39, 0.29) is 28.5 Å². The normalized spacial score (nSPS) is 11.4. The first-order chi connectivity index (χ1) is 9.93. The molecule has 0 saturated heterocycles. The Morgan fingerprint density at radius 1 is 1.48 bits per heavy atom. The summed E-state index contributed by atoms with van der Waals surface area (Å²) >= 11 is 2.03. The van der Waals surface area contributed by atoms with Gasteiger partial charge in [-0.05, 0) is 40.8 Å². The number of phenols is 1. The number of carbonyl (C=O) groups is 1. The van der Waals surface area contributed by atoms with Crippen LogP contribution in [0.3, 0.4) is 0 Å². The maximum atomic E-state index is 12.2. The summed E-state index contributed by atoms with van der Waals surface area (Å²) < 4.78 is 2.17. The minimum absolute atomic E-state index is 0.119. The zero-order valence-electron chi connectivity index (χ0n) is 10.9. The minimum Gasteiger partial charge on any atom is -0.507 e. The highest BCUT2D eigenvalue weighted by Crippen LogP contribution is 2.22. The van der Waals surface area contributed by atoms with E-state index in [0.717, 1.165) is 3.57 Å². The third-order valence-corrected chi connectivity index (χ3v) is 3.43. The number of carbonyl (C=O) groups excluding carboxylic acids is 1. The van der Waals surface area contributed by atoms with E-state index in [9.17, 15) is 9.90 Å². The van der Waals surface area contributed by atoms with Gasteiger partial charge in [-0.3, -0.25) is 9.48 Å². The molecule has 0 aliphatic rings. The molecule has 0 unspecified atom stereocenters. The number of aromatic nitrogens is 2. The van der Waals surface area contributed by atoms with Crippen molar-refractivity contribution in [3.05, 3.63) is 39.1 Å². The predicted octanol–water partition coefficient (Wildman–Crippen LogP) is 1.08. The number of hydrogen-bond acceptors (Lipinski definition) is 5. The standard InChI is InChI=1S/C12H12IN5O3/c1-18-11(8(5-15-18)10(14)17-21)16-12(20)7-4-6(13)2-3-9(7)19/h2-5,19,21H,1H3,(H2,14,17)(H,16,20). The first-order valence-electron chi connectivity index (χ1n) is 5.73. The third kappa shape index (κ3) is 3.07. The van der Waals surface area contributed by atoms with Crippen molar-refractivity contribution < 1.29 is 15.1 Å². The van der Waals surface area contributed by atoms with Gasteiger partial charge in [-0.25, -0.2) is 0 Å². The van der Waals surface area contributed by atoms with E-state index >= 15 is 0 Å². The molecule has 8 nitrogen and oxygen atoms in total. The van der Waals surface area contributed by atoms with Gasteiger partial charge in [0.05, 0.1) is 17.3 Å². The zero-order chi connectivity index (χ0) is 15.6. The number of aryl methyl sites for hydroxylation is 1. The Morgan fingerprint density at radius 3 is 2.86 bits per heavy atom. The van der Waals surface area contributed by atoms with Crippen molar-refractivity contribution in [3.8, 4) is 5.75 Å². The van der Waals surface area contributed by atoms with Crippen molar-refractivity contribution >= 4 is 40.2 Å². The van der Waals surface area contributed by atoms with Crippen LogP contribution in [0, 0.1) is 3.57 Å². The molecular formula is C12H12IN5O3. The topological polar surface area (TPSA) is 126 Å². The second-order valence-electron chi connectivity index (χ2n) is 4.13. The Balaban J connectivity index is 2.36. The number of nitrogens with one attached hydrogen (secondary N) is 1. The lowest BCUT2D eigenvalue weighted by Gasteiger charge is -2.09. The van der Waals surface area contributed by atoms with Crippen LogP contribution < -0.4 is 11.1 Å². The molecule has 0 saturated carbocycles. The van der Waals surface area contributed by atoms with Gasteiger partial charge in [-0.2, -0.15) is 5.10 Å². The SMILES string of the molecule is Cn1ncc(/C(N)=N/O)c1NC(=O)c1cc(I)ccc1O. The Morgan fingerprint density at radius 2 is 2.19 bits per heavy atom. The van der Waals surface area contributed by atoms with Crippen LogP contribution in [-0.4, -0.2) is 31.8 Å². The molecule has 21 heavy (non-hydrogen) atoms. The number of phenolic OH excluding ortho intramolecular Hbond substituents is 1. The largest absolute Gasteiger partial charge is 0.507 e. The molecule has 0 radical (unpaired) electrons. The lowest BCUT2D eigenvalue weighted by Crippen LogP contribution is -2.20. The van der Waals surface area contributed by atoms with Crippen molar-refractivity contribution in [2.45, 2.75) is 0 Å². The molecule has 0 fully saturated rings. The Labute approximate surface area is 133 Å². The average molecular weight is 401 g/mol. The second kappa shape index (κ2) is 5.99.